The Balaban J connectivity index is 2.34. The highest BCUT2D eigenvalue weighted by atomic mass is 79.9. The van der Waals surface area contributed by atoms with Crippen molar-refractivity contribution in [3.63, 3.8) is 0 Å². The highest BCUT2D eigenvalue weighted by molar-refractivity contribution is 9.10. The van der Waals surface area contributed by atoms with Gasteiger partial charge in [0.25, 0.3) is 0 Å². The Bertz CT molecular complexity index is 567. The standard InChI is InChI=1S/C10H6BrClFN3O/c11-5-1-2-8(6(13)3-5)17-9-7(14)4-15-10(12)16-9/h1-4H,14H2. The van der Waals surface area contributed by atoms with Crippen molar-refractivity contribution in [2.45, 2.75) is 0 Å². The fourth-order valence-electron chi connectivity index (χ4n) is 1.10. The average molecular weight is 319 g/mol. The van der Waals surface area contributed by atoms with Crippen molar-refractivity contribution in [3.8, 4) is 11.6 Å². The van der Waals surface area contributed by atoms with Crippen molar-refractivity contribution in [1.82, 2.24) is 9.97 Å². The van der Waals surface area contributed by atoms with E-state index in [0.717, 1.165) is 0 Å². The molecule has 0 fully saturated rings. The Morgan fingerprint density at radius 1 is 1.41 bits per heavy atom. The third kappa shape index (κ3) is 2.83. The fourth-order valence-corrected chi connectivity index (χ4v) is 1.56. The first kappa shape index (κ1) is 12.1. The molecule has 2 rings (SSSR count). The van der Waals surface area contributed by atoms with E-state index in [2.05, 4.69) is 25.9 Å². The van der Waals surface area contributed by atoms with Gasteiger partial charge in [-0.3, -0.25) is 0 Å². The fraction of sp³-hybridized carbons (Fsp3) is 0. The number of nitrogens with zero attached hydrogens (tertiary/aromatic N) is 2. The highest BCUT2D eigenvalue weighted by Crippen LogP contribution is 2.29. The predicted octanol–water partition coefficient (Wildman–Crippen LogP) is 3.41. The summed E-state index contributed by atoms with van der Waals surface area (Å²) in [4.78, 5) is 7.43. The number of anilines is 1. The summed E-state index contributed by atoms with van der Waals surface area (Å²) in [6.45, 7) is 0. The topological polar surface area (TPSA) is 61.0 Å². The summed E-state index contributed by atoms with van der Waals surface area (Å²) in [5, 5.41) is -0.0216. The lowest BCUT2D eigenvalue weighted by molar-refractivity contribution is 0.428. The molecular formula is C10H6BrClFN3O. The minimum Gasteiger partial charge on any atom is -0.434 e. The van der Waals surface area contributed by atoms with E-state index < -0.39 is 5.82 Å². The molecule has 88 valence electrons. The van der Waals surface area contributed by atoms with Crippen LogP contribution in [0.4, 0.5) is 10.1 Å². The van der Waals surface area contributed by atoms with Crippen LogP contribution in [0.3, 0.4) is 0 Å². The van der Waals surface area contributed by atoms with Crippen molar-refractivity contribution in [3.05, 3.63) is 40.0 Å². The van der Waals surface area contributed by atoms with Crippen LogP contribution in [-0.4, -0.2) is 9.97 Å². The number of nitrogens with two attached hydrogens (primary N) is 1. The number of benzene rings is 1. The number of halogens is 3. The molecule has 0 unspecified atom stereocenters. The molecule has 0 saturated carbocycles. The number of rotatable bonds is 2. The van der Waals surface area contributed by atoms with Gasteiger partial charge in [0, 0.05) is 4.47 Å². The van der Waals surface area contributed by atoms with Crippen molar-refractivity contribution in [2.75, 3.05) is 5.73 Å². The lowest BCUT2D eigenvalue weighted by atomic mass is 10.3. The Morgan fingerprint density at radius 2 is 2.18 bits per heavy atom. The molecule has 17 heavy (non-hydrogen) atoms. The molecule has 0 amide bonds. The van der Waals surface area contributed by atoms with Gasteiger partial charge in [-0.1, -0.05) is 15.9 Å². The monoisotopic (exact) mass is 317 g/mol. The highest BCUT2D eigenvalue weighted by Gasteiger charge is 2.10. The molecular weight excluding hydrogens is 312 g/mol. The van der Waals surface area contributed by atoms with Crippen LogP contribution in [0.1, 0.15) is 0 Å². The van der Waals surface area contributed by atoms with E-state index in [9.17, 15) is 4.39 Å². The molecule has 0 spiro atoms. The van der Waals surface area contributed by atoms with Crippen molar-refractivity contribution >= 4 is 33.2 Å². The summed E-state index contributed by atoms with van der Waals surface area (Å²) in [5.41, 5.74) is 5.75. The first-order chi connectivity index (χ1) is 8.06. The van der Waals surface area contributed by atoms with Crippen LogP contribution in [0.2, 0.25) is 5.28 Å². The van der Waals surface area contributed by atoms with E-state index in [-0.39, 0.29) is 22.6 Å². The molecule has 0 aliphatic heterocycles. The predicted molar refractivity (Wildman–Crippen MR) is 65.6 cm³/mol. The van der Waals surface area contributed by atoms with Gasteiger partial charge in [0.15, 0.2) is 11.6 Å². The molecule has 1 aromatic heterocycles. The Labute approximate surface area is 110 Å². The largest absolute Gasteiger partial charge is 0.434 e. The zero-order chi connectivity index (χ0) is 12.4. The van der Waals surface area contributed by atoms with Crippen LogP contribution in [0.25, 0.3) is 0 Å². The maximum atomic E-state index is 13.5. The maximum absolute atomic E-state index is 13.5. The van der Waals surface area contributed by atoms with Gasteiger partial charge in [0.05, 0.1) is 6.20 Å². The number of aromatic nitrogens is 2. The normalized spacial score (nSPS) is 10.3. The second-order valence-corrected chi connectivity index (χ2v) is 4.33. The second kappa shape index (κ2) is 4.85. The van der Waals surface area contributed by atoms with E-state index >= 15 is 0 Å². The second-order valence-electron chi connectivity index (χ2n) is 3.08. The molecule has 7 heteroatoms. The van der Waals surface area contributed by atoms with Gasteiger partial charge in [-0.2, -0.15) is 4.98 Å². The number of hydrogen-bond acceptors (Lipinski definition) is 4. The van der Waals surface area contributed by atoms with Gasteiger partial charge < -0.3 is 10.5 Å². The third-order valence-corrected chi connectivity index (χ3v) is 2.53. The molecule has 4 nitrogen and oxygen atoms in total. The van der Waals surface area contributed by atoms with Gasteiger partial charge in [-0.25, -0.2) is 9.37 Å². The summed E-state index contributed by atoms with van der Waals surface area (Å²) < 4.78 is 19.3. The van der Waals surface area contributed by atoms with Gasteiger partial charge in [0.1, 0.15) is 5.69 Å². The molecule has 0 atom stereocenters. The summed E-state index contributed by atoms with van der Waals surface area (Å²) >= 11 is 8.73. The Kier molecular flexibility index (Phi) is 3.44. The summed E-state index contributed by atoms with van der Waals surface area (Å²) in [7, 11) is 0. The molecule has 0 radical (unpaired) electrons. The Morgan fingerprint density at radius 3 is 2.88 bits per heavy atom. The Hall–Kier alpha value is -1.40. The molecule has 1 aromatic carbocycles. The minimum atomic E-state index is -0.534. The molecule has 1 heterocycles. The van der Waals surface area contributed by atoms with E-state index in [4.69, 9.17) is 22.1 Å². The quantitative estimate of drug-likeness (QED) is 0.862. The molecule has 2 N–H and O–H groups in total. The van der Waals surface area contributed by atoms with Crippen LogP contribution >= 0.6 is 27.5 Å². The van der Waals surface area contributed by atoms with Gasteiger partial charge >= 0.3 is 0 Å². The lowest BCUT2D eigenvalue weighted by Gasteiger charge is -2.07. The number of hydrogen-bond donors (Lipinski definition) is 1. The van der Waals surface area contributed by atoms with E-state index in [1.807, 2.05) is 0 Å². The average Bonchev–Trinajstić information content (AvgIpc) is 2.27. The van der Waals surface area contributed by atoms with Crippen molar-refractivity contribution < 1.29 is 9.13 Å². The van der Waals surface area contributed by atoms with Crippen LogP contribution in [-0.2, 0) is 0 Å². The summed E-state index contributed by atoms with van der Waals surface area (Å²) in [5.74, 6) is -0.505. The first-order valence-electron chi connectivity index (χ1n) is 4.47. The zero-order valence-electron chi connectivity index (χ0n) is 8.32. The summed E-state index contributed by atoms with van der Waals surface area (Å²) in [6.07, 6.45) is 1.29. The third-order valence-electron chi connectivity index (χ3n) is 1.85. The molecule has 0 aliphatic carbocycles. The summed E-state index contributed by atoms with van der Waals surface area (Å²) in [6, 6.07) is 4.36. The molecule has 0 aliphatic rings. The number of ether oxygens (including phenoxy) is 1. The molecule has 0 saturated heterocycles. The van der Waals surface area contributed by atoms with Gasteiger partial charge in [-0.15, -0.1) is 0 Å². The van der Waals surface area contributed by atoms with Crippen LogP contribution < -0.4 is 10.5 Å². The van der Waals surface area contributed by atoms with E-state index in [1.165, 1.54) is 18.3 Å². The van der Waals surface area contributed by atoms with Crippen LogP contribution in [0.15, 0.2) is 28.9 Å². The van der Waals surface area contributed by atoms with Crippen molar-refractivity contribution in [2.24, 2.45) is 0 Å². The SMILES string of the molecule is Nc1cnc(Cl)nc1Oc1ccc(Br)cc1F. The zero-order valence-corrected chi connectivity index (χ0v) is 10.7. The van der Waals surface area contributed by atoms with Gasteiger partial charge in [0.2, 0.25) is 11.2 Å². The molecule has 2 aromatic rings. The van der Waals surface area contributed by atoms with Crippen molar-refractivity contribution in [1.29, 1.82) is 0 Å². The number of nitrogen functional groups attached to an aromatic ring is 1. The van der Waals surface area contributed by atoms with Crippen LogP contribution in [0, 0.1) is 5.82 Å². The minimum absolute atomic E-state index is 0.00895. The van der Waals surface area contributed by atoms with E-state index in [1.54, 1.807) is 6.07 Å². The van der Waals surface area contributed by atoms with Gasteiger partial charge in [-0.05, 0) is 29.8 Å². The van der Waals surface area contributed by atoms with E-state index in [0.29, 0.717) is 4.47 Å². The smallest absolute Gasteiger partial charge is 0.247 e. The maximum Gasteiger partial charge on any atom is 0.247 e. The molecule has 0 bridgehead atoms. The lowest BCUT2D eigenvalue weighted by Crippen LogP contribution is -1.98. The first-order valence-corrected chi connectivity index (χ1v) is 5.64. The van der Waals surface area contributed by atoms with Crippen LogP contribution in [0.5, 0.6) is 11.6 Å².